The Morgan fingerprint density at radius 2 is 2.11 bits per heavy atom. The molecule has 0 amide bonds. The quantitative estimate of drug-likeness (QED) is 0.923. The Morgan fingerprint density at radius 3 is 2.61 bits per heavy atom. The standard InChI is InChI=1S/C11H15F3N2OS/c12-11(13,14)10(17)8-1-4-16(5-2-8)7-9-15-3-6-18-9/h3,6,8,10,17H,1-2,4-5,7H2. The molecule has 1 aromatic heterocycles. The molecule has 1 N–H and O–H groups in total. The van der Waals surface area contributed by atoms with Gasteiger partial charge in [-0.25, -0.2) is 4.98 Å². The van der Waals surface area contributed by atoms with Gasteiger partial charge in [0.15, 0.2) is 6.10 Å². The predicted octanol–water partition coefficient (Wildman–Crippen LogP) is 2.28. The second kappa shape index (κ2) is 5.54. The van der Waals surface area contributed by atoms with Crippen molar-refractivity contribution < 1.29 is 18.3 Å². The molecular weight excluding hydrogens is 265 g/mol. The molecular formula is C11H15F3N2OS. The minimum Gasteiger partial charge on any atom is -0.383 e. The van der Waals surface area contributed by atoms with Crippen LogP contribution in [0.25, 0.3) is 0 Å². The van der Waals surface area contributed by atoms with Crippen molar-refractivity contribution in [1.82, 2.24) is 9.88 Å². The van der Waals surface area contributed by atoms with Gasteiger partial charge in [0.1, 0.15) is 5.01 Å². The number of aliphatic hydroxyl groups excluding tert-OH is 1. The van der Waals surface area contributed by atoms with E-state index in [0.29, 0.717) is 32.5 Å². The minimum atomic E-state index is -4.50. The zero-order chi connectivity index (χ0) is 13.2. The zero-order valence-electron chi connectivity index (χ0n) is 9.73. The van der Waals surface area contributed by atoms with Crippen molar-refractivity contribution in [2.75, 3.05) is 13.1 Å². The van der Waals surface area contributed by atoms with Gasteiger partial charge in [-0.3, -0.25) is 4.90 Å². The van der Waals surface area contributed by atoms with Crippen LogP contribution < -0.4 is 0 Å². The molecule has 0 aliphatic carbocycles. The minimum absolute atomic E-state index is 0.381. The van der Waals surface area contributed by atoms with Gasteiger partial charge in [-0.15, -0.1) is 11.3 Å². The van der Waals surface area contributed by atoms with E-state index in [1.54, 1.807) is 17.5 Å². The number of alkyl halides is 3. The summed E-state index contributed by atoms with van der Waals surface area (Å²) in [5.74, 6) is -0.669. The number of hydrogen-bond acceptors (Lipinski definition) is 4. The van der Waals surface area contributed by atoms with Crippen LogP contribution in [0.2, 0.25) is 0 Å². The van der Waals surface area contributed by atoms with Crippen LogP contribution in [0, 0.1) is 5.92 Å². The van der Waals surface area contributed by atoms with E-state index < -0.39 is 18.2 Å². The number of nitrogens with zero attached hydrogens (tertiary/aromatic N) is 2. The van der Waals surface area contributed by atoms with E-state index in [1.165, 1.54) is 0 Å². The summed E-state index contributed by atoms with van der Waals surface area (Å²) < 4.78 is 37.1. The van der Waals surface area contributed by atoms with Gasteiger partial charge in [0, 0.05) is 11.6 Å². The maximum atomic E-state index is 12.4. The van der Waals surface area contributed by atoms with Crippen molar-refractivity contribution >= 4 is 11.3 Å². The smallest absolute Gasteiger partial charge is 0.383 e. The van der Waals surface area contributed by atoms with Crippen molar-refractivity contribution in [3.63, 3.8) is 0 Å². The van der Waals surface area contributed by atoms with Crippen molar-refractivity contribution in [2.24, 2.45) is 5.92 Å². The second-order valence-corrected chi connectivity index (χ2v) is 5.50. The number of rotatable bonds is 3. The van der Waals surface area contributed by atoms with Gasteiger partial charge in [0.05, 0.1) is 6.54 Å². The maximum absolute atomic E-state index is 12.4. The molecule has 1 saturated heterocycles. The normalized spacial score (nSPS) is 21.1. The summed E-state index contributed by atoms with van der Waals surface area (Å²) in [5.41, 5.74) is 0. The predicted molar refractivity (Wildman–Crippen MR) is 62.2 cm³/mol. The lowest BCUT2D eigenvalue weighted by atomic mass is 9.91. The molecule has 2 heterocycles. The fraction of sp³-hybridized carbons (Fsp3) is 0.727. The van der Waals surface area contributed by atoms with Crippen LogP contribution in [0.5, 0.6) is 0 Å². The fourth-order valence-electron chi connectivity index (χ4n) is 2.22. The first kappa shape index (κ1) is 13.8. The van der Waals surface area contributed by atoms with Crippen molar-refractivity contribution in [3.8, 4) is 0 Å². The Kier molecular flexibility index (Phi) is 4.24. The lowest BCUT2D eigenvalue weighted by Crippen LogP contribution is -2.43. The first-order chi connectivity index (χ1) is 8.47. The molecule has 1 aliphatic heterocycles. The van der Waals surface area contributed by atoms with Crippen LogP contribution in [0.3, 0.4) is 0 Å². The van der Waals surface area contributed by atoms with E-state index in [4.69, 9.17) is 0 Å². The third-order valence-corrected chi connectivity index (χ3v) is 4.02. The number of aliphatic hydroxyl groups is 1. The maximum Gasteiger partial charge on any atom is 0.414 e. The molecule has 3 nitrogen and oxygen atoms in total. The average molecular weight is 280 g/mol. The molecule has 0 spiro atoms. The van der Waals surface area contributed by atoms with Gasteiger partial charge in [-0.2, -0.15) is 13.2 Å². The molecule has 102 valence electrons. The Labute approximate surface area is 107 Å². The highest BCUT2D eigenvalue weighted by atomic mass is 32.1. The Morgan fingerprint density at radius 1 is 1.44 bits per heavy atom. The van der Waals surface area contributed by atoms with Gasteiger partial charge in [-0.1, -0.05) is 0 Å². The van der Waals surface area contributed by atoms with Gasteiger partial charge >= 0.3 is 6.18 Å². The largest absolute Gasteiger partial charge is 0.414 e. The summed E-state index contributed by atoms with van der Waals surface area (Å²) in [6, 6.07) is 0. The van der Waals surface area contributed by atoms with Crippen molar-refractivity contribution in [2.45, 2.75) is 31.7 Å². The molecule has 1 fully saturated rings. The van der Waals surface area contributed by atoms with E-state index in [0.717, 1.165) is 5.01 Å². The van der Waals surface area contributed by atoms with Crippen LogP contribution in [-0.4, -0.2) is 40.4 Å². The van der Waals surface area contributed by atoms with E-state index in [9.17, 15) is 18.3 Å². The first-order valence-electron chi connectivity index (χ1n) is 5.82. The molecule has 1 unspecified atom stereocenters. The number of halogens is 3. The van der Waals surface area contributed by atoms with E-state index >= 15 is 0 Å². The highest BCUT2D eigenvalue weighted by Crippen LogP contribution is 2.31. The summed E-state index contributed by atoms with van der Waals surface area (Å²) in [4.78, 5) is 6.23. The van der Waals surface area contributed by atoms with Crippen LogP contribution >= 0.6 is 11.3 Å². The number of hydrogen-bond donors (Lipinski definition) is 1. The van der Waals surface area contributed by atoms with E-state index in [2.05, 4.69) is 9.88 Å². The highest BCUT2D eigenvalue weighted by Gasteiger charge is 2.44. The van der Waals surface area contributed by atoms with Gasteiger partial charge in [0.25, 0.3) is 0 Å². The molecule has 1 atom stereocenters. The lowest BCUT2D eigenvalue weighted by molar-refractivity contribution is -0.223. The Balaban J connectivity index is 1.81. The molecule has 7 heteroatoms. The third-order valence-electron chi connectivity index (χ3n) is 3.26. The molecule has 0 bridgehead atoms. The molecule has 1 aliphatic rings. The zero-order valence-corrected chi connectivity index (χ0v) is 10.5. The topological polar surface area (TPSA) is 36.4 Å². The fourth-order valence-corrected chi connectivity index (χ4v) is 2.87. The SMILES string of the molecule is OC(C1CCN(Cc2nccs2)CC1)C(F)(F)F. The van der Waals surface area contributed by atoms with E-state index in [1.807, 2.05) is 5.38 Å². The monoisotopic (exact) mass is 280 g/mol. The number of aromatic nitrogens is 1. The number of thiazole rings is 1. The summed E-state index contributed by atoms with van der Waals surface area (Å²) in [5, 5.41) is 12.1. The number of likely N-dealkylation sites (tertiary alicyclic amines) is 1. The Bertz CT molecular complexity index is 361. The van der Waals surface area contributed by atoms with Crippen molar-refractivity contribution in [1.29, 1.82) is 0 Å². The molecule has 0 saturated carbocycles. The summed E-state index contributed by atoms with van der Waals surface area (Å²) >= 11 is 1.55. The van der Waals surface area contributed by atoms with Crippen LogP contribution in [0.4, 0.5) is 13.2 Å². The van der Waals surface area contributed by atoms with Gasteiger partial charge in [-0.05, 0) is 31.8 Å². The highest BCUT2D eigenvalue weighted by molar-refractivity contribution is 7.09. The van der Waals surface area contributed by atoms with Gasteiger partial charge < -0.3 is 5.11 Å². The third kappa shape index (κ3) is 3.43. The van der Waals surface area contributed by atoms with Crippen LogP contribution in [0.15, 0.2) is 11.6 Å². The van der Waals surface area contributed by atoms with Crippen molar-refractivity contribution in [3.05, 3.63) is 16.6 Å². The van der Waals surface area contributed by atoms with E-state index in [-0.39, 0.29) is 0 Å². The Hall–Kier alpha value is -0.660. The second-order valence-electron chi connectivity index (χ2n) is 4.53. The number of piperidine rings is 1. The molecule has 18 heavy (non-hydrogen) atoms. The average Bonchev–Trinajstić information content (AvgIpc) is 2.81. The lowest BCUT2D eigenvalue weighted by Gasteiger charge is -2.34. The summed E-state index contributed by atoms with van der Waals surface area (Å²) in [7, 11) is 0. The summed E-state index contributed by atoms with van der Waals surface area (Å²) in [6.45, 7) is 1.85. The van der Waals surface area contributed by atoms with Crippen LogP contribution in [-0.2, 0) is 6.54 Å². The molecule has 0 radical (unpaired) electrons. The van der Waals surface area contributed by atoms with Gasteiger partial charge in [0.2, 0.25) is 0 Å². The first-order valence-corrected chi connectivity index (χ1v) is 6.70. The molecule has 2 rings (SSSR count). The molecule has 0 aromatic carbocycles. The summed E-state index contributed by atoms with van der Waals surface area (Å²) in [6.07, 6.45) is -4.19. The molecule has 1 aromatic rings. The van der Waals surface area contributed by atoms with Crippen LogP contribution in [0.1, 0.15) is 17.8 Å².